The summed E-state index contributed by atoms with van der Waals surface area (Å²) < 4.78 is 0. The Morgan fingerprint density at radius 3 is 2.33 bits per heavy atom. The third kappa shape index (κ3) is 7.90. The zero-order chi connectivity index (χ0) is 16.5. The van der Waals surface area contributed by atoms with Crippen LogP contribution in [0.5, 0.6) is 0 Å². The number of nitrogens with one attached hydrogen (secondary N) is 1. The fourth-order valence-electron chi connectivity index (χ4n) is 2.05. The Labute approximate surface area is 127 Å². The van der Waals surface area contributed by atoms with Crippen molar-refractivity contribution in [3.8, 4) is 0 Å². The van der Waals surface area contributed by atoms with E-state index in [4.69, 9.17) is 5.11 Å². The maximum absolute atomic E-state index is 12.0. The highest BCUT2D eigenvalue weighted by atomic mass is 16.4. The standard InChI is InChI=1S/C15H30N2O4/c1-5-6-12(7-8-13(19)20)9-10-16-14(21)17(4)15(2,3)11-18/h12,18H,5-11H2,1-4H3,(H,16,21)(H,19,20). The Bertz CT molecular complexity index is 332. The molecule has 0 aliphatic heterocycles. The number of likely N-dealkylation sites (N-methyl/N-ethyl adjacent to an activating group) is 1. The summed E-state index contributed by atoms with van der Waals surface area (Å²) in [5.41, 5.74) is -0.601. The van der Waals surface area contributed by atoms with Crippen LogP contribution < -0.4 is 5.32 Å². The summed E-state index contributed by atoms with van der Waals surface area (Å²) in [6, 6.07) is -0.220. The van der Waals surface area contributed by atoms with Gasteiger partial charge < -0.3 is 20.4 Å². The minimum Gasteiger partial charge on any atom is -0.481 e. The second kappa shape index (κ2) is 9.60. The van der Waals surface area contributed by atoms with Crippen molar-refractivity contribution in [2.75, 3.05) is 20.2 Å². The van der Waals surface area contributed by atoms with E-state index in [9.17, 15) is 14.7 Å². The van der Waals surface area contributed by atoms with Crippen molar-refractivity contribution in [2.45, 2.75) is 58.4 Å². The first-order valence-electron chi connectivity index (χ1n) is 7.59. The highest BCUT2D eigenvalue weighted by Gasteiger charge is 2.26. The molecular weight excluding hydrogens is 272 g/mol. The molecular formula is C15H30N2O4. The van der Waals surface area contributed by atoms with Gasteiger partial charge in [0.15, 0.2) is 0 Å². The maximum atomic E-state index is 12.0. The molecule has 1 atom stereocenters. The molecule has 0 aliphatic rings. The van der Waals surface area contributed by atoms with Crippen LogP contribution in [0.2, 0.25) is 0 Å². The fourth-order valence-corrected chi connectivity index (χ4v) is 2.05. The second-order valence-corrected chi connectivity index (χ2v) is 6.14. The average Bonchev–Trinajstić information content (AvgIpc) is 2.43. The maximum Gasteiger partial charge on any atom is 0.317 e. The number of urea groups is 1. The molecule has 0 bridgehead atoms. The molecule has 1 unspecified atom stereocenters. The number of hydrogen-bond acceptors (Lipinski definition) is 3. The molecule has 0 saturated heterocycles. The summed E-state index contributed by atoms with van der Waals surface area (Å²) in [4.78, 5) is 24.1. The van der Waals surface area contributed by atoms with E-state index in [1.807, 2.05) is 0 Å². The van der Waals surface area contributed by atoms with Crippen LogP contribution in [-0.2, 0) is 4.79 Å². The first-order chi connectivity index (χ1) is 9.74. The molecule has 124 valence electrons. The van der Waals surface area contributed by atoms with Gasteiger partial charge in [-0.3, -0.25) is 4.79 Å². The summed E-state index contributed by atoms with van der Waals surface area (Å²) in [6.45, 7) is 6.07. The van der Waals surface area contributed by atoms with Crippen molar-refractivity contribution in [1.29, 1.82) is 0 Å². The van der Waals surface area contributed by atoms with Crippen LogP contribution in [0.15, 0.2) is 0 Å². The van der Waals surface area contributed by atoms with Crippen molar-refractivity contribution in [3.63, 3.8) is 0 Å². The Morgan fingerprint density at radius 2 is 1.86 bits per heavy atom. The number of aliphatic carboxylic acids is 1. The van der Waals surface area contributed by atoms with Gasteiger partial charge in [0.2, 0.25) is 0 Å². The predicted octanol–water partition coefficient (Wildman–Crippen LogP) is 2.07. The first-order valence-corrected chi connectivity index (χ1v) is 7.59. The normalized spacial score (nSPS) is 12.8. The molecule has 0 aromatic heterocycles. The Morgan fingerprint density at radius 1 is 1.24 bits per heavy atom. The molecule has 6 heteroatoms. The smallest absolute Gasteiger partial charge is 0.317 e. The van der Waals surface area contributed by atoms with Crippen LogP contribution in [0.1, 0.15) is 52.9 Å². The Kier molecular flexibility index (Phi) is 9.01. The quantitative estimate of drug-likeness (QED) is 0.576. The summed E-state index contributed by atoms with van der Waals surface area (Å²) in [6.07, 6.45) is 3.59. The fraction of sp³-hybridized carbons (Fsp3) is 0.867. The number of amides is 2. The van der Waals surface area contributed by atoms with Crippen molar-refractivity contribution in [1.82, 2.24) is 10.2 Å². The number of carboxylic acids is 1. The van der Waals surface area contributed by atoms with E-state index in [-0.39, 0.29) is 19.1 Å². The molecule has 0 fully saturated rings. The summed E-state index contributed by atoms with van der Waals surface area (Å²) in [7, 11) is 1.65. The molecule has 0 aromatic carbocycles. The number of carboxylic acid groups (broad SMARTS) is 1. The lowest BCUT2D eigenvalue weighted by molar-refractivity contribution is -0.137. The van der Waals surface area contributed by atoms with E-state index < -0.39 is 11.5 Å². The highest BCUT2D eigenvalue weighted by molar-refractivity contribution is 5.74. The predicted molar refractivity (Wildman–Crippen MR) is 82.2 cm³/mol. The number of rotatable bonds is 10. The monoisotopic (exact) mass is 302 g/mol. The van der Waals surface area contributed by atoms with E-state index in [1.54, 1.807) is 20.9 Å². The third-order valence-electron chi connectivity index (χ3n) is 3.89. The number of aliphatic hydroxyl groups excluding tert-OH is 1. The molecule has 0 aromatic rings. The zero-order valence-corrected chi connectivity index (χ0v) is 13.7. The van der Waals surface area contributed by atoms with Crippen molar-refractivity contribution >= 4 is 12.0 Å². The zero-order valence-electron chi connectivity index (χ0n) is 13.7. The van der Waals surface area contributed by atoms with Gasteiger partial charge >= 0.3 is 12.0 Å². The van der Waals surface area contributed by atoms with Crippen LogP contribution >= 0.6 is 0 Å². The number of aliphatic hydroxyl groups is 1. The van der Waals surface area contributed by atoms with E-state index in [0.29, 0.717) is 18.9 Å². The minimum atomic E-state index is -0.774. The van der Waals surface area contributed by atoms with Gasteiger partial charge in [-0.05, 0) is 32.6 Å². The molecule has 0 saturated carbocycles. The topological polar surface area (TPSA) is 89.9 Å². The number of nitrogens with zero attached hydrogens (tertiary/aromatic N) is 1. The van der Waals surface area contributed by atoms with E-state index >= 15 is 0 Å². The number of carbonyl (C=O) groups excluding carboxylic acids is 1. The van der Waals surface area contributed by atoms with Gasteiger partial charge in [-0.15, -0.1) is 0 Å². The van der Waals surface area contributed by atoms with Gasteiger partial charge in [0.1, 0.15) is 0 Å². The van der Waals surface area contributed by atoms with Crippen LogP contribution in [0.25, 0.3) is 0 Å². The third-order valence-corrected chi connectivity index (χ3v) is 3.89. The molecule has 0 heterocycles. The summed E-state index contributed by atoms with van der Waals surface area (Å²) >= 11 is 0. The largest absolute Gasteiger partial charge is 0.481 e. The molecule has 3 N–H and O–H groups in total. The van der Waals surface area contributed by atoms with Crippen LogP contribution in [-0.4, -0.2) is 52.9 Å². The Hall–Kier alpha value is -1.30. The minimum absolute atomic E-state index is 0.103. The lowest BCUT2D eigenvalue weighted by Crippen LogP contribution is -2.51. The first kappa shape index (κ1) is 19.7. The molecule has 0 aliphatic carbocycles. The number of hydrogen-bond donors (Lipinski definition) is 3. The summed E-state index contributed by atoms with van der Waals surface area (Å²) in [5.74, 6) is -0.452. The summed E-state index contributed by atoms with van der Waals surface area (Å²) in [5, 5.41) is 20.8. The molecule has 6 nitrogen and oxygen atoms in total. The van der Waals surface area contributed by atoms with Gasteiger partial charge in [-0.2, -0.15) is 0 Å². The van der Waals surface area contributed by atoms with Crippen molar-refractivity contribution in [2.24, 2.45) is 5.92 Å². The lowest BCUT2D eigenvalue weighted by atomic mass is 9.94. The van der Waals surface area contributed by atoms with E-state index in [0.717, 1.165) is 19.3 Å². The van der Waals surface area contributed by atoms with Gasteiger partial charge in [-0.25, -0.2) is 4.79 Å². The average molecular weight is 302 g/mol. The Balaban J connectivity index is 4.18. The molecule has 21 heavy (non-hydrogen) atoms. The molecule has 2 amide bonds. The van der Waals surface area contributed by atoms with Gasteiger partial charge in [-0.1, -0.05) is 19.8 Å². The lowest BCUT2D eigenvalue weighted by Gasteiger charge is -2.34. The molecule has 0 spiro atoms. The highest BCUT2D eigenvalue weighted by Crippen LogP contribution is 2.17. The SMILES string of the molecule is CCCC(CCNC(=O)N(C)C(C)(C)CO)CCC(=O)O. The van der Waals surface area contributed by atoms with Crippen molar-refractivity contribution < 1.29 is 19.8 Å². The second-order valence-electron chi connectivity index (χ2n) is 6.14. The van der Waals surface area contributed by atoms with Crippen molar-refractivity contribution in [3.05, 3.63) is 0 Å². The van der Waals surface area contributed by atoms with Gasteiger partial charge in [0.05, 0.1) is 12.1 Å². The number of carbonyl (C=O) groups is 2. The van der Waals surface area contributed by atoms with Crippen LogP contribution in [0.4, 0.5) is 4.79 Å². The van der Waals surface area contributed by atoms with E-state index in [1.165, 1.54) is 4.90 Å². The van der Waals surface area contributed by atoms with Gasteiger partial charge in [0, 0.05) is 20.0 Å². The van der Waals surface area contributed by atoms with E-state index in [2.05, 4.69) is 12.2 Å². The molecule has 0 radical (unpaired) electrons. The van der Waals surface area contributed by atoms with Crippen LogP contribution in [0, 0.1) is 5.92 Å². The molecule has 0 rings (SSSR count). The van der Waals surface area contributed by atoms with Gasteiger partial charge in [0.25, 0.3) is 0 Å². The van der Waals surface area contributed by atoms with Crippen LogP contribution in [0.3, 0.4) is 0 Å².